The largest absolute Gasteiger partial charge is 2.00 e. The van der Waals surface area contributed by atoms with Crippen molar-refractivity contribution in [3.63, 3.8) is 0 Å². The summed E-state index contributed by atoms with van der Waals surface area (Å²) in [7, 11) is 0. The first-order valence-electron chi connectivity index (χ1n) is 1.62. The molecule has 0 aromatic rings. The van der Waals surface area contributed by atoms with Gasteiger partial charge in [0.05, 0.1) is 0 Å². The molecule has 0 aromatic heterocycles. The predicted octanol–water partition coefficient (Wildman–Crippen LogP) is -8.33. The van der Waals surface area contributed by atoms with E-state index >= 15 is 0 Å². The Bertz CT molecular complexity index is 99.7. The Morgan fingerprint density at radius 1 is 0.917 bits per heavy atom. The van der Waals surface area contributed by atoms with Gasteiger partial charge in [0.25, 0.3) is 0 Å². The zero-order valence-corrected chi connectivity index (χ0v) is 6.40. The molecule has 0 spiro atoms. The van der Waals surface area contributed by atoms with Crippen molar-refractivity contribution in [1.82, 2.24) is 0 Å². The van der Waals surface area contributed by atoms with Crippen molar-refractivity contribution >= 4 is 19.6 Å². The van der Waals surface area contributed by atoms with Gasteiger partial charge in [0.1, 0.15) is 0 Å². The van der Waals surface area contributed by atoms with Crippen LogP contribution in [0.15, 0.2) is 0 Å². The van der Waals surface area contributed by atoms with E-state index in [2.05, 4.69) is 0 Å². The summed E-state index contributed by atoms with van der Waals surface area (Å²) in [5.41, 5.74) is 0. The predicted molar refractivity (Wildman–Crippen MR) is 25.5 cm³/mol. The van der Waals surface area contributed by atoms with Gasteiger partial charge in [0.2, 0.25) is 0 Å². The number of hydrogen-bond acceptors (Lipinski definition) is 4. The van der Waals surface area contributed by atoms with E-state index < -0.39 is 11.9 Å². The standard InChI is InChI=1S/C2H2O4.BH2O2.2FH.Fe/c3-1(4)2(5)6;2-1-3;;;/h(H,3,4)(H,5,6);2-3H;2*1H;/q;;;;+2/p-2. The summed E-state index contributed by atoms with van der Waals surface area (Å²) < 4.78 is 0. The van der Waals surface area contributed by atoms with Crippen molar-refractivity contribution in [2.24, 2.45) is 0 Å². The van der Waals surface area contributed by atoms with Crippen LogP contribution in [0.3, 0.4) is 0 Å². The normalized spacial score (nSPS) is 4.83. The van der Waals surface area contributed by atoms with Gasteiger partial charge in [-0.3, -0.25) is 0 Å². The maximum atomic E-state index is 9.10. The summed E-state index contributed by atoms with van der Waals surface area (Å²) in [6, 6.07) is 0. The molecule has 0 aliphatic rings. The Morgan fingerprint density at radius 3 is 1.00 bits per heavy atom. The molecule has 10 heteroatoms. The van der Waals surface area contributed by atoms with Gasteiger partial charge in [0.15, 0.2) is 0 Å². The van der Waals surface area contributed by atoms with E-state index in [1.165, 1.54) is 0 Å². The number of carboxylic acid groups (broad SMARTS) is 2. The first-order chi connectivity index (χ1) is 4.06. The van der Waals surface area contributed by atoms with Crippen LogP contribution in [0.5, 0.6) is 0 Å². The molecule has 0 rings (SSSR count). The second-order valence-corrected chi connectivity index (χ2v) is 0.726. The van der Waals surface area contributed by atoms with Gasteiger partial charge in [0, 0.05) is 0 Å². The van der Waals surface area contributed by atoms with Gasteiger partial charge in [-0.05, 0) is 0 Å². The maximum absolute atomic E-state index is 9.10. The molecule has 0 unspecified atom stereocenters. The molecule has 0 saturated heterocycles. The van der Waals surface area contributed by atoms with Crippen molar-refractivity contribution in [2.75, 3.05) is 0 Å². The molecule has 0 aliphatic heterocycles. The van der Waals surface area contributed by atoms with Crippen LogP contribution in [0.25, 0.3) is 0 Å². The Balaban J connectivity index is -0.0000000246. The average molecular weight is 229 g/mol. The van der Waals surface area contributed by atoms with Crippen LogP contribution in [-0.2, 0) is 26.7 Å². The molecular weight excluding hydrogens is 225 g/mol. The SMILES string of the molecule is O=C(O)C(=O)O.O[B]O.[F-].[F-].[Fe+2]. The molecule has 0 aromatic carbocycles. The number of halogens is 2. The van der Waals surface area contributed by atoms with Gasteiger partial charge < -0.3 is 29.7 Å². The fraction of sp³-hybridized carbons (Fsp3) is 0. The van der Waals surface area contributed by atoms with Crippen LogP contribution in [0.2, 0.25) is 0 Å². The molecule has 0 amide bonds. The summed E-state index contributed by atoms with van der Waals surface area (Å²) in [6.45, 7) is 0. The van der Waals surface area contributed by atoms with Gasteiger partial charge in [-0.2, -0.15) is 0 Å². The van der Waals surface area contributed by atoms with Crippen LogP contribution in [0.4, 0.5) is 0 Å². The van der Waals surface area contributed by atoms with E-state index in [4.69, 9.17) is 29.9 Å². The van der Waals surface area contributed by atoms with Crippen LogP contribution < -0.4 is 9.41 Å². The molecule has 73 valence electrons. The van der Waals surface area contributed by atoms with Crippen molar-refractivity contribution in [3.8, 4) is 0 Å². The number of aliphatic carboxylic acids is 2. The first-order valence-corrected chi connectivity index (χ1v) is 1.62. The Labute approximate surface area is 76.7 Å². The number of rotatable bonds is 0. The first kappa shape index (κ1) is 30.2. The fourth-order valence-corrected chi connectivity index (χ4v) is 0. The second kappa shape index (κ2) is 22.4. The van der Waals surface area contributed by atoms with Crippen molar-refractivity contribution in [1.29, 1.82) is 0 Å². The van der Waals surface area contributed by atoms with E-state index in [1.54, 1.807) is 0 Å². The molecule has 0 heterocycles. The summed E-state index contributed by atoms with van der Waals surface area (Å²) >= 11 is 0. The van der Waals surface area contributed by atoms with Gasteiger partial charge >= 0.3 is 36.7 Å². The molecule has 0 atom stereocenters. The van der Waals surface area contributed by atoms with Crippen LogP contribution >= 0.6 is 0 Å². The number of carboxylic acids is 2. The van der Waals surface area contributed by atoms with Gasteiger partial charge in [-0.25, -0.2) is 9.59 Å². The van der Waals surface area contributed by atoms with Gasteiger partial charge in [-0.1, -0.05) is 0 Å². The molecule has 0 fully saturated rings. The summed E-state index contributed by atoms with van der Waals surface area (Å²) in [5.74, 6) is -3.65. The topological polar surface area (TPSA) is 115 Å². The zero-order chi connectivity index (χ0) is 7.86. The van der Waals surface area contributed by atoms with Gasteiger partial charge in [-0.15, -0.1) is 0 Å². The third kappa shape index (κ3) is 58.8. The Kier molecular flexibility index (Phi) is 56.5. The molecule has 0 bridgehead atoms. The number of carbonyl (C=O) groups is 2. The summed E-state index contributed by atoms with van der Waals surface area (Å²) in [6.07, 6.45) is 0. The van der Waals surface area contributed by atoms with Crippen LogP contribution in [0.1, 0.15) is 0 Å². The third-order valence-corrected chi connectivity index (χ3v) is 0.183. The molecule has 12 heavy (non-hydrogen) atoms. The quantitative estimate of drug-likeness (QED) is 0.242. The maximum Gasteiger partial charge on any atom is 2.00 e. The van der Waals surface area contributed by atoms with E-state index in [1.807, 2.05) is 0 Å². The van der Waals surface area contributed by atoms with Crippen LogP contribution in [-0.4, -0.2) is 39.9 Å². The fourth-order valence-electron chi connectivity index (χ4n) is 0. The molecule has 1 radical (unpaired) electrons. The smallest absolute Gasteiger partial charge is 1.00 e. The minimum absolute atomic E-state index is 0. The molecule has 4 N–H and O–H groups in total. The minimum atomic E-state index is -1.82. The van der Waals surface area contributed by atoms with Crippen molar-refractivity contribution in [3.05, 3.63) is 0 Å². The number of hydrogen-bond donors (Lipinski definition) is 4. The zero-order valence-electron chi connectivity index (χ0n) is 5.29. The minimum Gasteiger partial charge on any atom is -1.00 e. The summed E-state index contributed by atoms with van der Waals surface area (Å²) in [5, 5.41) is 28.8. The van der Waals surface area contributed by atoms with Crippen molar-refractivity contribution in [2.45, 2.75) is 0 Å². The van der Waals surface area contributed by atoms with Crippen LogP contribution in [0, 0.1) is 0 Å². The molecule has 6 nitrogen and oxygen atoms in total. The van der Waals surface area contributed by atoms with Crippen molar-refractivity contribution < 1.29 is 56.3 Å². The average Bonchev–Trinajstić information content (AvgIpc) is 1.68. The summed E-state index contributed by atoms with van der Waals surface area (Å²) in [4.78, 5) is 18.2. The van der Waals surface area contributed by atoms with E-state index in [9.17, 15) is 0 Å². The Morgan fingerprint density at radius 2 is 1.00 bits per heavy atom. The molecular formula is C2H4BF2FeO6. The van der Waals surface area contributed by atoms with E-state index in [0.717, 1.165) is 0 Å². The Hall–Kier alpha value is -0.696. The van der Waals surface area contributed by atoms with E-state index in [0.29, 0.717) is 0 Å². The monoisotopic (exact) mass is 229 g/mol. The van der Waals surface area contributed by atoms with E-state index in [-0.39, 0.29) is 34.2 Å². The third-order valence-electron chi connectivity index (χ3n) is 0.183. The molecule has 0 saturated carbocycles. The molecule has 0 aliphatic carbocycles. The second-order valence-electron chi connectivity index (χ2n) is 0.726.